The zero-order valence-corrected chi connectivity index (χ0v) is 8.48. The third kappa shape index (κ3) is 1.39. The molecule has 0 atom stereocenters. The topological polar surface area (TPSA) is 0 Å². The highest BCUT2D eigenvalue weighted by atomic mass is 14.1. The minimum absolute atomic E-state index is 1.03. The van der Waals surface area contributed by atoms with Gasteiger partial charge >= 0.3 is 0 Å². The van der Waals surface area contributed by atoms with Crippen molar-refractivity contribution in [2.24, 2.45) is 0 Å². The quantitative estimate of drug-likeness (QED) is 0.593. The molecule has 0 aliphatic heterocycles. The molecule has 0 saturated carbocycles. The van der Waals surface area contributed by atoms with Gasteiger partial charge in [0.1, 0.15) is 0 Å². The first-order valence-electron chi connectivity index (χ1n) is 5.29. The lowest BCUT2D eigenvalue weighted by atomic mass is 9.97. The summed E-state index contributed by atoms with van der Waals surface area (Å²) in [5, 5.41) is 0. The van der Waals surface area contributed by atoms with Crippen LogP contribution in [0.5, 0.6) is 0 Å². The number of hydrogen-bond donors (Lipinski definition) is 0. The van der Waals surface area contributed by atoms with E-state index in [1.807, 2.05) is 0 Å². The number of hydrogen-bond acceptors (Lipinski definition) is 0. The van der Waals surface area contributed by atoms with Crippen LogP contribution in [0.2, 0.25) is 0 Å². The van der Waals surface area contributed by atoms with E-state index in [1.165, 1.54) is 22.3 Å². The zero-order valence-electron chi connectivity index (χ0n) is 8.48. The second kappa shape index (κ2) is 3.39. The molecule has 2 aromatic carbocycles. The Kier molecular flexibility index (Phi) is 1.92. The molecule has 0 radical (unpaired) electrons. The van der Waals surface area contributed by atoms with Gasteiger partial charge in [0.25, 0.3) is 0 Å². The van der Waals surface area contributed by atoms with E-state index in [0.717, 1.165) is 6.42 Å². The van der Waals surface area contributed by atoms with Gasteiger partial charge in [-0.2, -0.15) is 0 Å². The van der Waals surface area contributed by atoms with Crippen molar-refractivity contribution in [2.45, 2.75) is 6.42 Å². The Morgan fingerprint density at radius 3 is 2.40 bits per heavy atom. The summed E-state index contributed by atoms with van der Waals surface area (Å²) in [7, 11) is 0. The van der Waals surface area contributed by atoms with E-state index >= 15 is 0 Å². The molecule has 0 heteroatoms. The maximum Gasteiger partial charge on any atom is -0.00879 e. The highest BCUT2D eigenvalue weighted by molar-refractivity contribution is 5.79. The van der Waals surface area contributed by atoms with E-state index in [1.54, 1.807) is 0 Å². The SMILES string of the molecule is C1=Cc2ccccc2-c2ccccc2C1. The van der Waals surface area contributed by atoms with E-state index in [2.05, 4.69) is 60.7 Å². The van der Waals surface area contributed by atoms with Crippen LogP contribution in [0.4, 0.5) is 0 Å². The monoisotopic (exact) mass is 192 g/mol. The van der Waals surface area contributed by atoms with Gasteiger partial charge in [0.15, 0.2) is 0 Å². The van der Waals surface area contributed by atoms with Gasteiger partial charge in [0.2, 0.25) is 0 Å². The lowest BCUT2D eigenvalue weighted by Gasteiger charge is -2.07. The molecule has 0 bridgehead atoms. The predicted molar refractivity (Wildman–Crippen MR) is 64.6 cm³/mol. The molecule has 0 saturated heterocycles. The summed E-state index contributed by atoms with van der Waals surface area (Å²) in [6.45, 7) is 0. The average molecular weight is 192 g/mol. The maximum absolute atomic E-state index is 2.24. The largest absolute Gasteiger partial charge is 0.0795 e. The first kappa shape index (κ1) is 8.49. The van der Waals surface area contributed by atoms with Crippen LogP contribution in [0.1, 0.15) is 11.1 Å². The molecule has 0 heterocycles. The fraction of sp³-hybridized carbons (Fsp3) is 0.0667. The summed E-state index contributed by atoms with van der Waals surface area (Å²) < 4.78 is 0. The normalized spacial score (nSPS) is 12.8. The van der Waals surface area contributed by atoms with Crippen LogP contribution in [0.3, 0.4) is 0 Å². The zero-order chi connectivity index (χ0) is 10.1. The average Bonchev–Trinajstić information content (AvgIpc) is 2.48. The number of allylic oxidation sites excluding steroid dienone is 1. The van der Waals surface area contributed by atoms with Crippen LogP contribution < -0.4 is 0 Å². The Bertz CT molecular complexity index is 521. The van der Waals surface area contributed by atoms with Crippen molar-refractivity contribution in [3.63, 3.8) is 0 Å². The number of benzene rings is 2. The smallest absolute Gasteiger partial charge is 0.00879 e. The molecule has 0 unspecified atom stereocenters. The Morgan fingerprint density at radius 1 is 0.733 bits per heavy atom. The molecule has 0 spiro atoms. The van der Waals surface area contributed by atoms with Gasteiger partial charge in [0.05, 0.1) is 0 Å². The van der Waals surface area contributed by atoms with Crippen molar-refractivity contribution in [1.82, 2.24) is 0 Å². The molecule has 0 amide bonds. The van der Waals surface area contributed by atoms with Crippen LogP contribution in [0.25, 0.3) is 17.2 Å². The van der Waals surface area contributed by atoms with Gasteiger partial charge in [-0.25, -0.2) is 0 Å². The number of fused-ring (bicyclic) bond motifs is 3. The molecule has 0 aromatic heterocycles. The summed E-state index contributed by atoms with van der Waals surface area (Å²) in [4.78, 5) is 0. The molecule has 72 valence electrons. The number of rotatable bonds is 0. The van der Waals surface area contributed by atoms with Crippen LogP contribution in [0, 0.1) is 0 Å². The highest BCUT2D eigenvalue weighted by Gasteiger charge is 2.08. The summed E-state index contributed by atoms with van der Waals surface area (Å²) in [5.41, 5.74) is 5.46. The lowest BCUT2D eigenvalue weighted by Crippen LogP contribution is -1.86. The van der Waals surface area contributed by atoms with Crippen molar-refractivity contribution in [2.75, 3.05) is 0 Å². The first-order valence-corrected chi connectivity index (χ1v) is 5.29. The van der Waals surface area contributed by atoms with Crippen molar-refractivity contribution < 1.29 is 0 Å². The third-order valence-electron chi connectivity index (χ3n) is 2.90. The summed E-state index contributed by atoms with van der Waals surface area (Å²) in [6, 6.07) is 17.2. The molecule has 15 heavy (non-hydrogen) atoms. The molecule has 0 fully saturated rings. The molecule has 0 N–H and O–H groups in total. The first-order chi connectivity index (χ1) is 7.45. The lowest BCUT2D eigenvalue weighted by molar-refractivity contribution is 1.29. The van der Waals surface area contributed by atoms with E-state index in [9.17, 15) is 0 Å². The fourth-order valence-electron chi connectivity index (χ4n) is 2.16. The van der Waals surface area contributed by atoms with E-state index in [0.29, 0.717) is 0 Å². The molecule has 1 aliphatic rings. The fourth-order valence-corrected chi connectivity index (χ4v) is 2.16. The Hall–Kier alpha value is -1.82. The van der Waals surface area contributed by atoms with Gasteiger partial charge in [-0.05, 0) is 28.7 Å². The maximum atomic E-state index is 2.24. The van der Waals surface area contributed by atoms with Crippen molar-refractivity contribution in [1.29, 1.82) is 0 Å². The van der Waals surface area contributed by atoms with Gasteiger partial charge in [-0.15, -0.1) is 0 Å². The molecule has 3 rings (SSSR count). The standard InChI is InChI=1S/C15H12/c1-3-10-14-12(6-1)8-5-9-13-7-2-4-11-15(13)14/h1-8,10-11H,9H2. The van der Waals surface area contributed by atoms with Gasteiger partial charge in [-0.1, -0.05) is 60.7 Å². The molecular formula is C15H12. The molecule has 0 nitrogen and oxygen atoms in total. The molecule has 1 aliphatic carbocycles. The summed E-state index contributed by atoms with van der Waals surface area (Å²) in [5.74, 6) is 0. The Labute approximate surface area is 89.9 Å². The van der Waals surface area contributed by atoms with Crippen LogP contribution >= 0.6 is 0 Å². The van der Waals surface area contributed by atoms with E-state index in [4.69, 9.17) is 0 Å². The van der Waals surface area contributed by atoms with Gasteiger partial charge in [0, 0.05) is 0 Å². The summed E-state index contributed by atoms with van der Waals surface area (Å²) in [6.07, 6.45) is 5.49. The van der Waals surface area contributed by atoms with E-state index < -0.39 is 0 Å². The van der Waals surface area contributed by atoms with Gasteiger partial charge in [-0.3, -0.25) is 0 Å². The minimum atomic E-state index is 1.03. The second-order valence-electron chi connectivity index (χ2n) is 3.85. The van der Waals surface area contributed by atoms with Crippen molar-refractivity contribution in [3.05, 3.63) is 65.7 Å². The van der Waals surface area contributed by atoms with Crippen molar-refractivity contribution >= 4 is 6.08 Å². The van der Waals surface area contributed by atoms with Gasteiger partial charge < -0.3 is 0 Å². The van der Waals surface area contributed by atoms with Crippen LogP contribution in [0.15, 0.2) is 54.6 Å². The van der Waals surface area contributed by atoms with E-state index in [-0.39, 0.29) is 0 Å². The van der Waals surface area contributed by atoms with Crippen LogP contribution in [-0.2, 0) is 6.42 Å². The highest BCUT2D eigenvalue weighted by Crippen LogP contribution is 2.30. The Morgan fingerprint density at radius 2 is 1.47 bits per heavy atom. The Balaban J connectivity index is 2.33. The van der Waals surface area contributed by atoms with Crippen LogP contribution in [-0.4, -0.2) is 0 Å². The molecule has 2 aromatic rings. The molecular weight excluding hydrogens is 180 g/mol. The summed E-state index contributed by atoms with van der Waals surface area (Å²) >= 11 is 0. The second-order valence-corrected chi connectivity index (χ2v) is 3.85. The third-order valence-corrected chi connectivity index (χ3v) is 2.90. The minimum Gasteiger partial charge on any atom is -0.0795 e. The predicted octanol–water partition coefficient (Wildman–Crippen LogP) is 3.92. The van der Waals surface area contributed by atoms with Crippen molar-refractivity contribution in [3.8, 4) is 11.1 Å².